The lowest BCUT2D eigenvalue weighted by molar-refractivity contribution is -0.121. The lowest BCUT2D eigenvalue weighted by Crippen LogP contribution is -2.22. The summed E-state index contributed by atoms with van der Waals surface area (Å²) in [6.07, 6.45) is 5.80. The molecule has 3 rings (SSSR count). The molecule has 6 heteroatoms. The molecule has 2 aromatic heterocycles. The van der Waals surface area contributed by atoms with Crippen molar-refractivity contribution in [3.63, 3.8) is 0 Å². The Morgan fingerprint density at radius 2 is 2.15 bits per heavy atom. The molecule has 0 aliphatic carbocycles. The van der Waals surface area contributed by atoms with Crippen molar-refractivity contribution in [1.82, 2.24) is 10.3 Å². The van der Waals surface area contributed by atoms with Gasteiger partial charge in [-0.25, -0.2) is 0 Å². The molecule has 2 heterocycles. The fraction of sp³-hybridized carbons (Fsp3) is 0.238. The van der Waals surface area contributed by atoms with Gasteiger partial charge in [0.1, 0.15) is 0 Å². The SMILES string of the molecule is COc1cc(CNC(=O)CCCc2ccc(-c3cccnc3)s2)ccc1O. The van der Waals surface area contributed by atoms with E-state index >= 15 is 0 Å². The minimum Gasteiger partial charge on any atom is -0.504 e. The van der Waals surface area contributed by atoms with Gasteiger partial charge in [-0.1, -0.05) is 12.1 Å². The molecule has 0 unspecified atom stereocenters. The first-order chi connectivity index (χ1) is 13.2. The third kappa shape index (κ3) is 5.31. The summed E-state index contributed by atoms with van der Waals surface area (Å²) in [4.78, 5) is 18.7. The number of aromatic hydroxyl groups is 1. The number of pyridine rings is 1. The third-order valence-electron chi connectivity index (χ3n) is 4.17. The molecule has 2 N–H and O–H groups in total. The van der Waals surface area contributed by atoms with E-state index in [4.69, 9.17) is 4.74 Å². The predicted octanol–water partition coefficient (Wildman–Crippen LogP) is 4.16. The molecular formula is C21H22N2O3S. The van der Waals surface area contributed by atoms with Crippen LogP contribution in [-0.2, 0) is 17.8 Å². The molecule has 140 valence electrons. The topological polar surface area (TPSA) is 71.5 Å². The summed E-state index contributed by atoms with van der Waals surface area (Å²) in [6, 6.07) is 13.3. The number of hydrogen-bond acceptors (Lipinski definition) is 5. The average molecular weight is 382 g/mol. The van der Waals surface area contributed by atoms with Gasteiger partial charge in [-0.15, -0.1) is 11.3 Å². The number of phenolic OH excluding ortho intramolecular Hbond substituents is 1. The van der Waals surface area contributed by atoms with Crippen molar-refractivity contribution in [3.8, 4) is 21.9 Å². The monoisotopic (exact) mass is 382 g/mol. The lowest BCUT2D eigenvalue weighted by atomic mass is 10.1. The number of aryl methyl sites for hydroxylation is 1. The number of ether oxygens (including phenoxy) is 1. The Bertz CT molecular complexity index is 893. The maximum absolute atomic E-state index is 12.1. The zero-order valence-corrected chi connectivity index (χ0v) is 16.0. The van der Waals surface area contributed by atoms with Crippen molar-refractivity contribution in [3.05, 3.63) is 65.3 Å². The standard InChI is InChI=1S/C21H22N2O3S/c1-26-19-12-15(7-9-18(19)24)13-23-21(25)6-2-5-17-8-10-20(27-17)16-4-3-11-22-14-16/h3-4,7-12,14,24H,2,5-6,13H2,1H3,(H,23,25). The Kier molecular flexibility index (Phi) is 6.44. The number of carbonyl (C=O) groups is 1. The molecule has 0 atom stereocenters. The minimum absolute atomic E-state index is 0.0195. The summed E-state index contributed by atoms with van der Waals surface area (Å²) in [6.45, 7) is 0.416. The summed E-state index contributed by atoms with van der Waals surface area (Å²) in [5.74, 6) is 0.518. The molecule has 0 aliphatic heterocycles. The van der Waals surface area contributed by atoms with E-state index in [1.54, 1.807) is 35.7 Å². The van der Waals surface area contributed by atoms with Crippen molar-refractivity contribution in [2.75, 3.05) is 7.11 Å². The van der Waals surface area contributed by atoms with Crippen molar-refractivity contribution in [1.29, 1.82) is 0 Å². The van der Waals surface area contributed by atoms with Gasteiger partial charge < -0.3 is 15.2 Å². The maximum atomic E-state index is 12.1. The number of nitrogens with one attached hydrogen (secondary N) is 1. The molecule has 0 bridgehead atoms. The van der Waals surface area contributed by atoms with E-state index < -0.39 is 0 Å². The van der Waals surface area contributed by atoms with E-state index in [0.717, 1.165) is 24.0 Å². The highest BCUT2D eigenvalue weighted by atomic mass is 32.1. The number of phenols is 1. The molecule has 0 saturated carbocycles. The Morgan fingerprint density at radius 3 is 2.93 bits per heavy atom. The maximum Gasteiger partial charge on any atom is 0.220 e. The number of thiophene rings is 1. The Hall–Kier alpha value is -2.86. The van der Waals surface area contributed by atoms with Crippen molar-refractivity contribution in [2.45, 2.75) is 25.8 Å². The normalized spacial score (nSPS) is 10.6. The smallest absolute Gasteiger partial charge is 0.220 e. The highest BCUT2D eigenvalue weighted by Gasteiger charge is 2.07. The zero-order valence-electron chi connectivity index (χ0n) is 15.1. The molecule has 1 aromatic carbocycles. The summed E-state index contributed by atoms with van der Waals surface area (Å²) >= 11 is 1.74. The van der Waals surface area contributed by atoms with E-state index in [9.17, 15) is 9.90 Å². The van der Waals surface area contributed by atoms with Crippen LogP contribution in [0.4, 0.5) is 0 Å². The quantitative estimate of drug-likeness (QED) is 0.614. The van der Waals surface area contributed by atoms with Crippen molar-refractivity contribution < 1.29 is 14.6 Å². The molecule has 3 aromatic rings. The van der Waals surface area contributed by atoms with Crippen LogP contribution in [0.5, 0.6) is 11.5 Å². The summed E-state index contributed by atoms with van der Waals surface area (Å²) in [5.41, 5.74) is 2.01. The first-order valence-electron chi connectivity index (χ1n) is 8.77. The van der Waals surface area contributed by atoms with Crippen molar-refractivity contribution in [2.24, 2.45) is 0 Å². The van der Waals surface area contributed by atoms with E-state index in [2.05, 4.69) is 22.4 Å². The highest BCUT2D eigenvalue weighted by Crippen LogP contribution is 2.28. The minimum atomic E-state index is 0.0195. The number of rotatable bonds is 8. The summed E-state index contributed by atoms with van der Waals surface area (Å²) in [5, 5.41) is 12.5. The number of benzene rings is 1. The average Bonchev–Trinajstić information content (AvgIpc) is 3.17. The van der Waals surface area contributed by atoms with Crippen LogP contribution >= 0.6 is 11.3 Å². The van der Waals surface area contributed by atoms with E-state index in [0.29, 0.717) is 18.7 Å². The van der Waals surface area contributed by atoms with Crippen LogP contribution < -0.4 is 10.1 Å². The Balaban J connectivity index is 1.43. The second kappa shape index (κ2) is 9.19. The number of methoxy groups -OCH3 is 1. The number of carbonyl (C=O) groups excluding carboxylic acids is 1. The Morgan fingerprint density at radius 1 is 1.26 bits per heavy atom. The van der Waals surface area contributed by atoms with E-state index in [-0.39, 0.29) is 11.7 Å². The predicted molar refractivity (Wildman–Crippen MR) is 107 cm³/mol. The molecule has 0 saturated heterocycles. The zero-order chi connectivity index (χ0) is 19.1. The third-order valence-corrected chi connectivity index (χ3v) is 5.36. The number of amides is 1. The van der Waals surface area contributed by atoms with Crippen LogP contribution in [0.3, 0.4) is 0 Å². The fourth-order valence-corrected chi connectivity index (χ4v) is 3.76. The van der Waals surface area contributed by atoms with Gasteiger partial charge in [-0.05, 0) is 48.7 Å². The van der Waals surface area contributed by atoms with Gasteiger partial charge in [-0.3, -0.25) is 9.78 Å². The van der Waals surface area contributed by atoms with Crippen LogP contribution in [0.15, 0.2) is 54.9 Å². The molecule has 0 fully saturated rings. The van der Waals surface area contributed by atoms with Gasteiger partial charge in [0.15, 0.2) is 11.5 Å². The van der Waals surface area contributed by atoms with Crippen LogP contribution in [0, 0.1) is 0 Å². The molecule has 27 heavy (non-hydrogen) atoms. The van der Waals surface area contributed by atoms with Gasteiger partial charge in [-0.2, -0.15) is 0 Å². The molecular weight excluding hydrogens is 360 g/mol. The summed E-state index contributed by atoms with van der Waals surface area (Å²) < 4.78 is 5.07. The van der Waals surface area contributed by atoms with Gasteiger partial charge in [0.2, 0.25) is 5.91 Å². The molecule has 1 amide bonds. The van der Waals surface area contributed by atoms with Gasteiger partial charge >= 0.3 is 0 Å². The first-order valence-corrected chi connectivity index (χ1v) is 9.59. The second-order valence-electron chi connectivity index (χ2n) is 6.14. The number of nitrogens with zero attached hydrogens (tertiary/aromatic N) is 1. The van der Waals surface area contributed by atoms with E-state index in [1.807, 2.05) is 18.3 Å². The van der Waals surface area contributed by atoms with Crippen LogP contribution in [-0.4, -0.2) is 23.1 Å². The fourth-order valence-electron chi connectivity index (χ4n) is 2.72. The molecule has 0 aliphatic rings. The van der Waals surface area contributed by atoms with Crippen LogP contribution in [0.1, 0.15) is 23.3 Å². The largest absolute Gasteiger partial charge is 0.504 e. The van der Waals surface area contributed by atoms with Crippen LogP contribution in [0.2, 0.25) is 0 Å². The Labute approximate surface area is 162 Å². The second-order valence-corrected chi connectivity index (χ2v) is 7.31. The van der Waals surface area contributed by atoms with Crippen LogP contribution in [0.25, 0.3) is 10.4 Å². The lowest BCUT2D eigenvalue weighted by Gasteiger charge is -2.08. The van der Waals surface area contributed by atoms with Gasteiger partial charge in [0.05, 0.1) is 7.11 Å². The van der Waals surface area contributed by atoms with E-state index in [1.165, 1.54) is 16.9 Å². The summed E-state index contributed by atoms with van der Waals surface area (Å²) in [7, 11) is 1.50. The van der Waals surface area contributed by atoms with Crippen molar-refractivity contribution >= 4 is 17.2 Å². The highest BCUT2D eigenvalue weighted by molar-refractivity contribution is 7.15. The number of hydrogen-bond donors (Lipinski definition) is 2. The first kappa shape index (κ1) is 18.9. The molecule has 5 nitrogen and oxygen atoms in total. The number of aromatic nitrogens is 1. The van der Waals surface area contributed by atoms with Gasteiger partial charge in [0.25, 0.3) is 0 Å². The molecule has 0 radical (unpaired) electrons. The van der Waals surface area contributed by atoms with Gasteiger partial charge in [0, 0.05) is 40.7 Å². The molecule has 0 spiro atoms.